The molecule has 1 atom stereocenters. The van der Waals surface area contributed by atoms with Crippen LogP contribution in [-0.2, 0) is 0 Å². The first-order valence-corrected chi connectivity index (χ1v) is 6.94. The molecule has 0 fully saturated rings. The molecule has 5 heteroatoms. The summed E-state index contributed by atoms with van der Waals surface area (Å²) in [6.07, 6.45) is 1.78. The van der Waals surface area contributed by atoms with Crippen LogP contribution in [0.3, 0.4) is 0 Å². The van der Waals surface area contributed by atoms with E-state index in [1.165, 1.54) is 0 Å². The maximum Gasteiger partial charge on any atom is 0.140 e. The first kappa shape index (κ1) is 13.6. The summed E-state index contributed by atoms with van der Waals surface area (Å²) in [4.78, 5) is 11.0. The molecule has 0 spiro atoms. The molecule has 108 valence electrons. The van der Waals surface area contributed by atoms with Crippen molar-refractivity contribution < 1.29 is 5.11 Å². The van der Waals surface area contributed by atoms with E-state index in [0.717, 1.165) is 22.7 Å². The molecular weight excluding hydrogens is 264 g/mol. The number of hydrogen-bond donors (Lipinski definition) is 1. The van der Waals surface area contributed by atoms with Gasteiger partial charge in [-0.15, -0.1) is 0 Å². The lowest BCUT2D eigenvalue weighted by Crippen LogP contribution is -2.32. The van der Waals surface area contributed by atoms with Crippen LogP contribution in [0.4, 0.5) is 5.82 Å². The van der Waals surface area contributed by atoms with Crippen LogP contribution >= 0.6 is 0 Å². The summed E-state index contributed by atoms with van der Waals surface area (Å²) < 4.78 is 1.97. The van der Waals surface area contributed by atoms with Crippen LogP contribution in [0.15, 0.2) is 48.8 Å². The average Bonchev–Trinajstić information content (AvgIpc) is 2.97. The lowest BCUT2D eigenvalue weighted by Gasteiger charge is -2.24. The highest BCUT2D eigenvalue weighted by molar-refractivity contribution is 5.76. The van der Waals surface area contributed by atoms with E-state index in [0.29, 0.717) is 0 Å². The van der Waals surface area contributed by atoms with E-state index in [9.17, 15) is 5.11 Å². The minimum atomic E-state index is 0.0206. The van der Waals surface area contributed by atoms with Gasteiger partial charge >= 0.3 is 0 Å². The fourth-order valence-corrected chi connectivity index (χ4v) is 2.23. The number of para-hydroxylation sites is 2. The lowest BCUT2D eigenvalue weighted by atomic mass is 10.3. The number of aliphatic hydroxyl groups is 1. The fourth-order valence-electron chi connectivity index (χ4n) is 2.23. The predicted octanol–water partition coefficient (Wildman–Crippen LogP) is 2.24. The van der Waals surface area contributed by atoms with Gasteiger partial charge < -0.3 is 10.0 Å². The highest BCUT2D eigenvalue weighted by Crippen LogP contribution is 2.19. The molecule has 0 saturated heterocycles. The molecule has 0 amide bonds. The van der Waals surface area contributed by atoms with Gasteiger partial charge in [0.2, 0.25) is 0 Å². The second-order valence-corrected chi connectivity index (χ2v) is 5.10. The van der Waals surface area contributed by atoms with E-state index in [1.54, 1.807) is 6.33 Å². The van der Waals surface area contributed by atoms with Crippen LogP contribution in [0.25, 0.3) is 16.9 Å². The van der Waals surface area contributed by atoms with Gasteiger partial charge in [-0.3, -0.25) is 4.57 Å². The number of rotatable bonds is 4. The average molecular weight is 282 g/mol. The number of hydrogen-bond acceptors (Lipinski definition) is 4. The summed E-state index contributed by atoms with van der Waals surface area (Å²) in [5.41, 5.74) is 1.97. The third-order valence-electron chi connectivity index (χ3n) is 3.71. The number of aliphatic hydroxyl groups excluding tert-OH is 1. The van der Waals surface area contributed by atoms with E-state index >= 15 is 0 Å². The van der Waals surface area contributed by atoms with Gasteiger partial charge in [0.05, 0.1) is 23.7 Å². The molecule has 3 rings (SSSR count). The minimum absolute atomic E-state index is 0.0206. The molecule has 0 bridgehead atoms. The Morgan fingerprint density at radius 1 is 1.19 bits per heavy atom. The quantitative estimate of drug-likeness (QED) is 0.797. The molecule has 21 heavy (non-hydrogen) atoms. The van der Waals surface area contributed by atoms with E-state index in [-0.39, 0.29) is 12.6 Å². The molecule has 0 radical (unpaired) electrons. The van der Waals surface area contributed by atoms with Crippen LogP contribution in [0, 0.1) is 0 Å². The molecule has 1 aromatic carbocycles. The Bertz CT molecular complexity index is 753. The van der Waals surface area contributed by atoms with Crippen LogP contribution in [0.1, 0.15) is 6.92 Å². The summed E-state index contributed by atoms with van der Waals surface area (Å²) in [5.74, 6) is 1.64. The Kier molecular flexibility index (Phi) is 3.58. The second kappa shape index (κ2) is 5.54. The van der Waals surface area contributed by atoms with Crippen molar-refractivity contribution in [1.29, 1.82) is 0 Å². The summed E-state index contributed by atoms with van der Waals surface area (Å²) in [7, 11) is 1.93. The standard InChI is InChI=1S/C16H18N4O/c1-12(10-21)19(2)15-8-5-9-16(18-15)20-11-17-13-6-3-4-7-14(13)20/h3-9,11-12,21H,10H2,1-2H3/t12-/m1/s1. The molecular formula is C16H18N4O. The van der Waals surface area contributed by atoms with Crippen molar-refractivity contribution in [1.82, 2.24) is 14.5 Å². The van der Waals surface area contributed by atoms with Crippen molar-refractivity contribution in [2.75, 3.05) is 18.6 Å². The van der Waals surface area contributed by atoms with Gasteiger partial charge in [-0.2, -0.15) is 0 Å². The predicted molar refractivity (Wildman–Crippen MR) is 83.8 cm³/mol. The normalized spacial score (nSPS) is 12.5. The summed E-state index contributed by atoms with van der Waals surface area (Å²) >= 11 is 0. The van der Waals surface area contributed by atoms with Gasteiger partial charge in [0.25, 0.3) is 0 Å². The smallest absolute Gasteiger partial charge is 0.140 e. The number of benzene rings is 1. The highest BCUT2D eigenvalue weighted by atomic mass is 16.3. The topological polar surface area (TPSA) is 54.2 Å². The van der Waals surface area contributed by atoms with Gasteiger partial charge in [0.15, 0.2) is 0 Å². The Morgan fingerprint density at radius 2 is 2.00 bits per heavy atom. The summed E-state index contributed by atoms with van der Waals surface area (Å²) in [6.45, 7) is 2.05. The number of imidazole rings is 1. The Labute approximate surface area is 123 Å². The molecule has 1 N–H and O–H groups in total. The van der Waals surface area contributed by atoms with Crippen molar-refractivity contribution in [2.45, 2.75) is 13.0 Å². The number of anilines is 1. The SMILES string of the molecule is C[C@H](CO)N(C)c1cccc(-n2cnc3ccccc32)n1. The van der Waals surface area contributed by atoms with Crippen LogP contribution in [-0.4, -0.2) is 39.3 Å². The van der Waals surface area contributed by atoms with Gasteiger partial charge in [-0.05, 0) is 31.2 Å². The second-order valence-electron chi connectivity index (χ2n) is 5.10. The third-order valence-corrected chi connectivity index (χ3v) is 3.71. The number of aromatic nitrogens is 3. The lowest BCUT2D eigenvalue weighted by molar-refractivity contribution is 0.270. The van der Waals surface area contributed by atoms with Crippen molar-refractivity contribution in [3.63, 3.8) is 0 Å². The number of nitrogens with zero attached hydrogens (tertiary/aromatic N) is 4. The van der Waals surface area contributed by atoms with Crippen molar-refractivity contribution >= 4 is 16.9 Å². The molecule has 2 aromatic heterocycles. The van der Waals surface area contributed by atoms with Gasteiger partial charge in [-0.25, -0.2) is 9.97 Å². The Hall–Kier alpha value is -2.40. The number of fused-ring (bicyclic) bond motifs is 1. The maximum atomic E-state index is 9.28. The summed E-state index contributed by atoms with van der Waals surface area (Å²) in [6, 6.07) is 13.8. The van der Waals surface area contributed by atoms with Crippen molar-refractivity contribution in [3.05, 3.63) is 48.8 Å². The monoisotopic (exact) mass is 282 g/mol. The molecule has 0 unspecified atom stereocenters. The fraction of sp³-hybridized carbons (Fsp3) is 0.250. The Morgan fingerprint density at radius 3 is 2.81 bits per heavy atom. The van der Waals surface area contributed by atoms with Crippen molar-refractivity contribution in [3.8, 4) is 5.82 Å². The maximum absolute atomic E-state index is 9.28. The third kappa shape index (κ3) is 2.48. The number of likely N-dealkylation sites (N-methyl/N-ethyl adjacent to an activating group) is 1. The molecule has 0 aliphatic carbocycles. The molecule has 5 nitrogen and oxygen atoms in total. The van der Waals surface area contributed by atoms with Crippen LogP contribution in [0.2, 0.25) is 0 Å². The molecule has 0 aliphatic heterocycles. The summed E-state index contributed by atoms with van der Waals surface area (Å²) in [5, 5.41) is 9.28. The van der Waals surface area contributed by atoms with E-state index in [1.807, 2.05) is 65.9 Å². The van der Waals surface area contributed by atoms with E-state index in [2.05, 4.69) is 9.97 Å². The largest absolute Gasteiger partial charge is 0.394 e. The molecule has 2 heterocycles. The highest BCUT2D eigenvalue weighted by Gasteiger charge is 2.11. The van der Waals surface area contributed by atoms with Crippen LogP contribution < -0.4 is 4.90 Å². The van der Waals surface area contributed by atoms with Gasteiger partial charge in [-0.1, -0.05) is 18.2 Å². The van der Waals surface area contributed by atoms with Gasteiger partial charge in [0, 0.05) is 7.05 Å². The zero-order valence-electron chi connectivity index (χ0n) is 12.1. The molecule has 0 aliphatic rings. The van der Waals surface area contributed by atoms with Crippen molar-refractivity contribution in [2.24, 2.45) is 0 Å². The molecule has 0 saturated carbocycles. The van der Waals surface area contributed by atoms with Gasteiger partial charge in [0.1, 0.15) is 18.0 Å². The minimum Gasteiger partial charge on any atom is -0.394 e. The first-order chi connectivity index (χ1) is 10.2. The Balaban J connectivity index is 2.04. The van der Waals surface area contributed by atoms with Crippen LogP contribution in [0.5, 0.6) is 0 Å². The zero-order chi connectivity index (χ0) is 14.8. The first-order valence-electron chi connectivity index (χ1n) is 6.94. The zero-order valence-corrected chi connectivity index (χ0v) is 12.1. The number of pyridine rings is 1. The van der Waals surface area contributed by atoms with E-state index in [4.69, 9.17) is 0 Å². The van der Waals surface area contributed by atoms with E-state index < -0.39 is 0 Å². The molecule has 3 aromatic rings.